The van der Waals surface area contributed by atoms with Gasteiger partial charge in [-0.15, -0.1) is 0 Å². The van der Waals surface area contributed by atoms with Crippen molar-refractivity contribution in [1.29, 1.82) is 0 Å². The molecule has 28 heavy (non-hydrogen) atoms. The second kappa shape index (κ2) is 6.47. The Morgan fingerprint density at radius 1 is 1.00 bits per heavy atom. The molecule has 0 amide bonds. The number of rotatable bonds is 2. The summed E-state index contributed by atoms with van der Waals surface area (Å²) < 4.78 is 11.3. The molecule has 2 aliphatic heterocycles. The molecule has 0 aromatic carbocycles. The highest BCUT2D eigenvalue weighted by atomic mass is 16.5. The maximum Gasteiger partial charge on any atom is 0.306 e. The molecule has 0 aromatic heterocycles. The summed E-state index contributed by atoms with van der Waals surface area (Å²) in [5.41, 5.74) is 0.537. The van der Waals surface area contributed by atoms with Gasteiger partial charge in [0, 0.05) is 18.3 Å². The van der Waals surface area contributed by atoms with Gasteiger partial charge in [-0.1, -0.05) is 33.6 Å². The zero-order valence-corrected chi connectivity index (χ0v) is 17.7. The Labute approximate surface area is 169 Å². The Balaban J connectivity index is 1.46. The minimum Gasteiger partial charge on any atom is -0.465 e. The van der Waals surface area contributed by atoms with Gasteiger partial charge in [-0.2, -0.15) is 0 Å². The molecule has 0 radical (unpaired) electrons. The molecule has 2 saturated heterocycles. The van der Waals surface area contributed by atoms with Gasteiger partial charge in [0.25, 0.3) is 0 Å². The van der Waals surface area contributed by atoms with Gasteiger partial charge in [0.2, 0.25) is 0 Å². The van der Waals surface area contributed by atoms with E-state index in [1.807, 2.05) is 0 Å². The molecule has 156 valence electrons. The van der Waals surface area contributed by atoms with Crippen LogP contribution in [0.15, 0.2) is 0 Å². The Kier molecular flexibility index (Phi) is 4.38. The molecule has 3 aliphatic carbocycles. The van der Waals surface area contributed by atoms with E-state index in [1.54, 1.807) is 0 Å². The van der Waals surface area contributed by atoms with Crippen LogP contribution in [0.25, 0.3) is 0 Å². The van der Waals surface area contributed by atoms with E-state index in [0.717, 1.165) is 18.8 Å². The van der Waals surface area contributed by atoms with E-state index < -0.39 is 0 Å². The van der Waals surface area contributed by atoms with E-state index in [9.17, 15) is 9.59 Å². The Morgan fingerprint density at radius 2 is 1.82 bits per heavy atom. The van der Waals surface area contributed by atoms with Crippen molar-refractivity contribution in [3.8, 4) is 0 Å². The number of carbonyl (C=O) groups is 2. The minimum atomic E-state index is -0.0487. The Hall–Kier alpha value is -1.06. The summed E-state index contributed by atoms with van der Waals surface area (Å²) in [6, 6.07) is 0. The van der Waals surface area contributed by atoms with E-state index in [0.29, 0.717) is 54.5 Å². The van der Waals surface area contributed by atoms with Crippen molar-refractivity contribution in [2.45, 2.75) is 84.7 Å². The van der Waals surface area contributed by atoms with Crippen molar-refractivity contribution in [2.24, 2.45) is 46.3 Å². The number of fused-ring (bicyclic) bond motifs is 2. The Morgan fingerprint density at radius 3 is 2.57 bits per heavy atom. The van der Waals surface area contributed by atoms with Crippen LogP contribution in [0.5, 0.6) is 0 Å². The summed E-state index contributed by atoms with van der Waals surface area (Å²) in [7, 11) is 0. The quantitative estimate of drug-likeness (QED) is 0.641. The summed E-state index contributed by atoms with van der Waals surface area (Å²) in [6.45, 7) is 7.95. The first-order chi connectivity index (χ1) is 13.3. The minimum absolute atomic E-state index is 0.0175. The third-order valence-electron chi connectivity index (χ3n) is 9.88. The predicted molar refractivity (Wildman–Crippen MR) is 105 cm³/mol. The second-order valence-corrected chi connectivity index (χ2v) is 11.4. The highest BCUT2D eigenvalue weighted by Gasteiger charge is 2.63. The molecule has 5 aliphatic rings. The molecule has 2 heterocycles. The van der Waals surface area contributed by atoms with Crippen molar-refractivity contribution in [3.05, 3.63) is 0 Å². The average molecular weight is 389 g/mol. The maximum atomic E-state index is 12.6. The highest BCUT2D eigenvalue weighted by molar-refractivity contribution is 5.72. The molecule has 0 N–H and O–H groups in total. The van der Waals surface area contributed by atoms with Crippen LogP contribution in [0.2, 0.25) is 0 Å². The van der Waals surface area contributed by atoms with E-state index in [1.165, 1.54) is 32.1 Å². The fraction of sp³-hybridized carbons (Fsp3) is 0.917. The fourth-order valence-electron chi connectivity index (χ4n) is 8.62. The monoisotopic (exact) mass is 388 g/mol. The Bertz CT molecular complexity index is 674. The van der Waals surface area contributed by atoms with Crippen LogP contribution < -0.4 is 0 Å². The van der Waals surface area contributed by atoms with Crippen molar-refractivity contribution in [3.63, 3.8) is 0 Å². The molecule has 4 nitrogen and oxygen atoms in total. The number of hydrogen-bond donors (Lipinski definition) is 0. The number of carbonyl (C=O) groups excluding carboxylic acids is 2. The highest BCUT2D eigenvalue weighted by Crippen LogP contribution is 2.66. The van der Waals surface area contributed by atoms with E-state index in [4.69, 9.17) is 9.47 Å². The number of hydrogen-bond acceptors (Lipinski definition) is 4. The van der Waals surface area contributed by atoms with Gasteiger partial charge in [-0.3, -0.25) is 9.59 Å². The van der Waals surface area contributed by atoms with E-state index >= 15 is 0 Å². The van der Waals surface area contributed by atoms with Gasteiger partial charge >= 0.3 is 11.9 Å². The lowest BCUT2D eigenvalue weighted by atomic mass is 9.42. The van der Waals surface area contributed by atoms with Crippen molar-refractivity contribution < 1.29 is 19.1 Å². The third-order valence-corrected chi connectivity index (χ3v) is 9.88. The molecule has 9 unspecified atom stereocenters. The van der Waals surface area contributed by atoms with Crippen LogP contribution in [0.3, 0.4) is 0 Å². The molecule has 0 spiro atoms. The standard InChI is InChI=1S/C24H36O4/c1-14-5-4-7-24(3)16-6-8-23(2,12-15-9-20(25)27-13-15)18-11-21(26)28-19(22(16)18)10-17(14)24/h14-19,22H,4-13H2,1-3H3. The molecule has 0 aromatic rings. The first-order valence-corrected chi connectivity index (χ1v) is 11.7. The maximum absolute atomic E-state index is 12.6. The number of esters is 2. The van der Waals surface area contributed by atoms with Gasteiger partial charge in [0.1, 0.15) is 6.10 Å². The van der Waals surface area contributed by atoms with Crippen LogP contribution in [0, 0.1) is 46.3 Å². The first-order valence-electron chi connectivity index (χ1n) is 11.7. The van der Waals surface area contributed by atoms with Crippen molar-refractivity contribution >= 4 is 11.9 Å². The number of cyclic esters (lactones) is 1. The summed E-state index contributed by atoms with van der Waals surface area (Å²) in [5, 5.41) is 0. The van der Waals surface area contributed by atoms with Crippen LogP contribution >= 0.6 is 0 Å². The van der Waals surface area contributed by atoms with Crippen molar-refractivity contribution in [2.75, 3.05) is 6.61 Å². The lowest BCUT2D eigenvalue weighted by molar-refractivity contribution is -0.220. The second-order valence-electron chi connectivity index (χ2n) is 11.4. The average Bonchev–Trinajstić information content (AvgIpc) is 3.03. The van der Waals surface area contributed by atoms with Crippen LogP contribution in [-0.4, -0.2) is 24.6 Å². The van der Waals surface area contributed by atoms with E-state index in [2.05, 4.69) is 20.8 Å². The molecule has 0 bridgehead atoms. The lowest BCUT2D eigenvalue weighted by Crippen LogP contribution is -2.62. The molecular formula is C24H36O4. The molecular weight excluding hydrogens is 352 g/mol. The van der Waals surface area contributed by atoms with Crippen molar-refractivity contribution in [1.82, 2.24) is 0 Å². The van der Waals surface area contributed by atoms with Gasteiger partial charge in [-0.05, 0) is 66.6 Å². The summed E-state index contributed by atoms with van der Waals surface area (Å²) in [5.74, 6) is 3.34. The molecule has 9 atom stereocenters. The van der Waals surface area contributed by atoms with Gasteiger partial charge in [0.15, 0.2) is 0 Å². The van der Waals surface area contributed by atoms with Crippen LogP contribution in [-0.2, 0) is 19.1 Å². The third kappa shape index (κ3) is 2.76. The summed E-state index contributed by atoms with van der Waals surface area (Å²) in [6.07, 6.45) is 9.81. The molecule has 3 saturated carbocycles. The summed E-state index contributed by atoms with van der Waals surface area (Å²) >= 11 is 0. The number of ether oxygens (including phenoxy) is 2. The fourth-order valence-corrected chi connectivity index (χ4v) is 8.62. The van der Waals surface area contributed by atoms with Crippen LogP contribution in [0.1, 0.15) is 78.6 Å². The van der Waals surface area contributed by atoms with Gasteiger partial charge in [-0.25, -0.2) is 0 Å². The lowest BCUT2D eigenvalue weighted by Gasteiger charge is -2.65. The van der Waals surface area contributed by atoms with Crippen LogP contribution in [0.4, 0.5) is 0 Å². The van der Waals surface area contributed by atoms with Gasteiger partial charge < -0.3 is 9.47 Å². The first kappa shape index (κ1) is 18.9. The largest absolute Gasteiger partial charge is 0.465 e. The normalized spacial score (nSPS) is 53.0. The molecule has 5 fully saturated rings. The summed E-state index contributed by atoms with van der Waals surface area (Å²) in [4.78, 5) is 24.2. The SMILES string of the molecule is CC1CCCC2(C)C1CC1OC(=O)CC3C1C2CCC3(C)CC1COC(=O)C1. The zero-order valence-electron chi connectivity index (χ0n) is 17.7. The van der Waals surface area contributed by atoms with Gasteiger partial charge in [0.05, 0.1) is 13.0 Å². The smallest absolute Gasteiger partial charge is 0.306 e. The topological polar surface area (TPSA) is 52.6 Å². The zero-order chi connectivity index (χ0) is 19.7. The van der Waals surface area contributed by atoms with E-state index in [-0.39, 0.29) is 23.5 Å². The molecule has 4 heteroatoms. The predicted octanol–water partition coefficient (Wildman–Crippen LogP) is 4.75. The molecule has 5 rings (SSSR count).